The van der Waals surface area contributed by atoms with Crippen LogP contribution in [-0.2, 0) is 6.54 Å². The zero-order chi connectivity index (χ0) is 13.0. The number of nitrogens with two attached hydrogens (primary N) is 1. The summed E-state index contributed by atoms with van der Waals surface area (Å²) in [4.78, 5) is 2.29. The van der Waals surface area contributed by atoms with Gasteiger partial charge in [-0.3, -0.25) is 0 Å². The van der Waals surface area contributed by atoms with Crippen molar-refractivity contribution in [3.63, 3.8) is 0 Å². The van der Waals surface area contributed by atoms with Gasteiger partial charge in [0, 0.05) is 20.1 Å². The number of para-hydroxylation sites is 1. The molecule has 1 aromatic carbocycles. The van der Waals surface area contributed by atoms with Gasteiger partial charge in [0.05, 0.1) is 10.7 Å². The Labute approximate surface area is 115 Å². The van der Waals surface area contributed by atoms with E-state index < -0.39 is 0 Å². The second-order valence-corrected chi connectivity index (χ2v) is 5.74. The minimum atomic E-state index is 0.547. The fraction of sp³-hybridized carbons (Fsp3) is 0.600. The van der Waals surface area contributed by atoms with Crippen LogP contribution in [0.25, 0.3) is 0 Å². The fourth-order valence-corrected chi connectivity index (χ4v) is 3.34. The van der Waals surface area contributed by atoms with Crippen molar-refractivity contribution < 1.29 is 0 Å². The summed E-state index contributed by atoms with van der Waals surface area (Å²) in [6.07, 6.45) is 6.87. The standard InChI is InChI=1S/C15H23ClN2/c1-18(11-12-6-3-2-4-7-12)15-13(10-17)8-5-9-14(15)16/h5,8-9,12H,2-4,6-7,10-11,17H2,1H3. The highest BCUT2D eigenvalue weighted by Gasteiger charge is 2.18. The Balaban J connectivity index is 2.09. The Morgan fingerprint density at radius 3 is 2.67 bits per heavy atom. The molecule has 18 heavy (non-hydrogen) atoms. The lowest BCUT2D eigenvalue weighted by atomic mass is 9.89. The van der Waals surface area contributed by atoms with Crippen molar-refractivity contribution in [2.45, 2.75) is 38.6 Å². The maximum Gasteiger partial charge on any atom is 0.0642 e. The van der Waals surface area contributed by atoms with Crippen molar-refractivity contribution in [1.82, 2.24) is 0 Å². The van der Waals surface area contributed by atoms with Crippen molar-refractivity contribution in [1.29, 1.82) is 0 Å². The molecule has 1 aliphatic rings. The van der Waals surface area contributed by atoms with Crippen molar-refractivity contribution in [3.05, 3.63) is 28.8 Å². The second-order valence-electron chi connectivity index (χ2n) is 5.34. The molecule has 0 unspecified atom stereocenters. The molecule has 1 saturated carbocycles. The lowest BCUT2D eigenvalue weighted by Crippen LogP contribution is -2.28. The largest absolute Gasteiger partial charge is 0.373 e. The Kier molecular flexibility index (Phi) is 4.90. The molecule has 0 aliphatic heterocycles. The van der Waals surface area contributed by atoms with Gasteiger partial charge in [0.25, 0.3) is 0 Å². The van der Waals surface area contributed by atoms with E-state index in [0.29, 0.717) is 6.54 Å². The molecule has 0 atom stereocenters. The fourth-order valence-electron chi connectivity index (χ4n) is 3.00. The zero-order valence-electron chi connectivity index (χ0n) is 11.2. The van der Waals surface area contributed by atoms with E-state index in [4.69, 9.17) is 17.3 Å². The molecule has 0 heterocycles. The third-order valence-corrected chi connectivity index (χ3v) is 4.23. The van der Waals surface area contributed by atoms with Crippen LogP contribution in [-0.4, -0.2) is 13.6 Å². The predicted molar refractivity (Wildman–Crippen MR) is 79.2 cm³/mol. The molecule has 3 heteroatoms. The molecule has 2 rings (SSSR count). The minimum Gasteiger partial charge on any atom is -0.373 e. The van der Waals surface area contributed by atoms with Gasteiger partial charge in [-0.2, -0.15) is 0 Å². The Hall–Kier alpha value is -0.730. The average molecular weight is 267 g/mol. The molecule has 0 bridgehead atoms. The Morgan fingerprint density at radius 1 is 1.28 bits per heavy atom. The highest BCUT2D eigenvalue weighted by atomic mass is 35.5. The Morgan fingerprint density at radius 2 is 2.00 bits per heavy atom. The first-order valence-corrected chi connectivity index (χ1v) is 7.28. The molecular formula is C15H23ClN2. The van der Waals surface area contributed by atoms with E-state index in [1.807, 2.05) is 12.1 Å². The molecule has 1 fully saturated rings. The molecule has 0 spiro atoms. The molecule has 0 aromatic heterocycles. The van der Waals surface area contributed by atoms with Crippen molar-refractivity contribution in [3.8, 4) is 0 Å². The van der Waals surface area contributed by atoms with E-state index in [0.717, 1.165) is 28.7 Å². The first kappa shape index (κ1) is 13.7. The molecular weight excluding hydrogens is 244 g/mol. The predicted octanol–water partition coefficient (Wildman–Crippen LogP) is 3.82. The summed E-state index contributed by atoms with van der Waals surface area (Å²) in [6, 6.07) is 5.99. The van der Waals surface area contributed by atoms with Gasteiger partial charge in [0.2, 0.25) is 0 Å². The summed E-state index contributed by atoms with van der Waals surface area (Å²) in [5.41, 5.74) is 8.06. The van der Waals surface area contributed by atoms with Crippen LogP contribution in [0.1, 0.15) is 37.7 Å². The third kappa shape index (κ3) is 3.18. The van der Waals surface area contributed by atoms with Gasteiger partial charge in [-0.1, -0.05) is 43.0 Å². The first-order chi connectivity index (χ1) is 8.72. The number of nitrogens with zero attached hydrogens (tertiary/aromatic N) is 1. The molecule has 0 radical (unpaired) electrons. The van der Waals surface area contributed by atoms with Gasteiger partial charge in [-0.15, -0.1) is 0 Å². The third-order valence-electron chi connectivity index (χ3n) is 3.93. The number of hydrogen-bond donors (Lipinski definition) is 1. The summed E-state index contributed by atoms with van der Waals surface area (Å²) in [6.45, 7) is 1.64. The summed E-state index contributed by atoms with van der Waals surface area (Å²) < 4.78 is 0. The van der Waals surface area contributed by atoms with E-state index in [2.05, 4.69) is 18.0 Å². The molecule has 2 nitrogen and oxygen atoms in total. The van der Waals surface area contributed by atoms with Crippen LogP contribution >= 0.6 is 11.6 Å². The van der Waals surface area contributed by atoms with Crippen LogP contribution < -0.4 is 10.6 Å². The van der Waals surface area contributed by atoms with Gasteiger partial charge < -0.3 is 10.6 Å². The topological polar surface area (TPSA) is 29.3 Å². The summed E-state index contributed by atoms with van der Waals surface area (Å²) in [5, 5.41) is 0.816. The average Bonchev–Trinajstić information content (AvgIpc) is 2.39. The molecule has 0 amide bonds. The first-order valence-electron chi connectivity index (χ1n) is 6.91. The van der Waals surface area contributed by atoms with Gasteiger partial charge >= 0.3 is 0 Å². The smallest absolute Gasteiger partial charge is 0.0642 e. The van der Waals surface area contributed by atoms with Gasteiger partial charge in [-0.25, -0.2) is 0 Å². The lowest BCUT2D eigenvalue weighted by Gasteiger charge is -2.30. The maximum atomic E-state index is 6.32. The second kappa shape index (κ2) is 6.44. The van der Waals surface area contributed by atoms with Gasteiger partial charge in [-0.05, 0) is 30.4 Å². The van der Waals surface area contributed by atoms with E-state index in [1.165, 1.54) is 32.1 Å². The molecule has 1 aromatic rings. The number of benzene rings is 1. The van der Waals surface area contributed by atoms with Crippen LogP contribution in [0.3, 0.4) is 0 Å². The van der Waals surface area contributed by atoms with Gasteiger partial charge in [0.1, 0.15) is 0 Å². The Bertz CT molecular complexity index is 386. The maximum absolute atomic E-state index is 6.32. The normalized spacial score (nSPS) is 16.8. The zero-order valence-corrected chi connectivity index (χ0v) is 11.9. The van der Waals surface area contributed by atoms with Crippen LogP contribution in [0.15, 0.2) is 18.2 Å². The van der Waals surface area contributed by atoms with E-state index in [-0.39, 0.29) is 0 Å². The van der Waals surface area contributed by atoms with Crippen LogP contribution in [0.2, 0.25) is 5.02 Å². The minimum absolute atomic E-state index is 0.547. The van der Waals surface area contributed by atoms with Gasteiger partial charge in [0.15, 0.2) is 0 Å². The summed E-state index contributed by atoms with van der Waals surface area (Å²) in [7, 11) is 2.13. The van der Waals surface area contributed by atoms with E-state index >= 15 is 0 Å². The number of halogens is 1. The van der Waals surface area contributed by atoms with Crippen molar-refractivity contribution >= 4 is 17.3 Å². The highest BCUT2D eigenvalue weighted by molar-refractivity contribution is 6.33. The molecule has 100 valence electrons. The quantitative estimate of drug-likeness (QED) is 0.898. The van der Waals surface area contributed by atoms with Crippen molar-refractivity contribution in [2.75, 3.05) is 18.5 Å². The molecule has 1 aliphatic carbocycles. The van der Waals surface area contributed by atoms with E-state index in [9.17, 15) is 0 Å². The van der Waals surface area contributed by atoms with Crippen LogP contribution in [0, 0.1) is 5.92 Å². The highest BCUT2D eigenvalue weighted by Crippen LogP contribution is 2.31. The number of rotatable bonds is 4. The number of hydrogen-bond acceptors (Lipinski definition) is 2. The van der Waals surface area contributed by atoms with E-state index in [1.54, 1.807) is 0 Å². The lowest BCUT2D eigenvalue weighted by molar-refractivity contribution is 0.362. The number of anilines is 1. The summed E-state index contributed by atoms with van der Waals surface area (Å²) >= 11 is 6.32. The van der Waals surface area contributed by atoms with Crippen LogP contribution in [0.4, 0.5) is 5.69 Å². The molecule has 2 N–H and O–H groups in total. The monoisotopic (exact) mass is 266 g/mol. The summed E-state index contributed by atoms with van der Waals surface area (Å²) in [5.74, 6) is 0.811. The molecule has 0 saturated heterocycles. The van der Waals surface area contributed by atoms with Crippen LogP contribution in [0.5, 0.6) is 0 Å². The SMILES string of the molecule is CN(CC1CCCCC1)c1c(Cl)cccc1CN. The van der Waals surface area contributed by atoms with Crippen molar-refractivity contribution in [2.24, 2.45) is 11.7 Å².